The third kappa shape index (κ3) is 2.26. The first-order valence-corrected chi connectivity index (χ1v) is 7.03. The van der Waals surface area contributed by atoms with Crippen molar-refractivity contribution in [1.82, 2.24) is 9.78 Å². The summed E-state index contributed by atoms with van der Waals surface area (Å²) in [6.45, 7) is 0.967. The van der Waals surface area contributed by atoms with Crippen LogP contribution >= 0.6 is 0 Å². The van der Waals surface area contributed by atoms with E-state index >= 15 is 0 Å². The first kappa shape index (κ1) is 12.6. The van der Waals surface area contributed by atoms with Gasteiger partial charge in [-0.3, -0.25) is 4.68 Å². The minimum Gasteiger partial charge on any atom is -0.394 e. The molecule has 0 aliphatic heterocycles. The monoisotopic (exact) mass is 259 g/mol. The summed E-state index contributed by atoms with van der Waals surface area (Å²) in [6, 6.07) is 8.24. The van der Waals surface area contributed by atoms with Gasteiger partial charge in [-0.15, -0.1) is 0 Å². The Morgan fingerprint density at radius 2 is 2.26 bits per heavy atom. The first-order chi connectivity index (χ1) is 9.23. The quantitative estimate of drug-likeness (QED) is 0.881. The van der Waals surface area contributed by atoms with Gasteiger partial charge in [0.25, 0.3) is 0 Å². The molecule has 1 heterocycles. The molecule has 2 aromatic rings. The van der Waals surface area contributed by atoms with Crippen LogP contribution in [0.4, 0.5) is 0 Å². The Balaban J connectivity index is 1.73. The molecular weight excluding hydrogens is 238 g/mol. The van der Waals surface area contributed by atoms with E-state index in [1.165, 1.54) is 10.9 Å². The number of para-hydroxylation sites is 1. The van der Waals surface area contributed by atoms with E-state index in [-0.39, 0.29) is 12.1 Å². The standard InChI is InChI=1S/C15H21N3O/c16-15(11-19)8-3-5-13(15)7-9-18-14-6-2-1-4-12(14)10-17-18/h1-2,4,6,10,13,19H,3,5,7-9,11,16H2. The van der Waals surface area contributed by atoms with Gasteiger partial charge < -0.3 is 10.8 Å². The summed E-state index contributed by atoms with van der Waals surface area (Å²) in [6.07, 6.45) is 6.08. The lowest BCUT2D eigenvalue weighted by atomic mass is 9.86. The Morgan fingerprint density at radius 3 is 3.11 bits per heavy atom. The van der Waals surface area contributed by atoms with Gasteiger partial charge in [0.05, 0.1) is 18.3 Å². The number of hydrogen-bond donors (Lipinski definition) is 2. The summed E-state index contributed by atoms with van der Waals surface area (Å²) in [5.74, 6) is 0.403. The predicted molar refractivity (Wildman–Crippen MR) is 75.7 cm³/mol. The number of fused-ring (bicyclic) bond motifs is 1. The van der Waals surface area contributed by atoms with Crippen molar-refractivity contribution in [3.05, 3.63) is 30.5 Å². The fourth-order valence-electron chi connectivity index (χ4n) is 3.29. The maximum Gasteiger partial charge on any atom is 0.0682 e. The van der Waals surface area contributed by atoms with Crippen molar-refractivity contribution in [2.24, 2.45) is 11.7 Å². The van der Waals surface area contributed by atoms with Gasteiger partial charge in [0.15, 0.2) is 0 Å². The number of rotatable bonds is 4. The molecule has 1 aliphatic carbocycles. The highest BCUT2D eigenvalue weighted by molar-refractivity contribution is 5.78. The predicted octanol–water partition coefficient (Wildman–Crippen LogP) is 1.92. The molecule has 1 saturated carbocycles. The molecular formula is C15H21N3O. The van der Waals surface area contributed by atoms with Crippen LogP contribution in [0.25, 0.3) is 10.9 Å². The molecule has 1 aromatic heterocycles. The Bertz CT molecular complexity index is 565. The SMILES string of the molecule is NC1(CO)CCCC1CCn1ncc2ccccc21. The van der Waals surface area contributed by atoms with Crippen LogP contribution in [0, 0.1) is 5.92 Å². The molecule has 1 fully saturated rings. The normalized spacial score (nSPS) is 27.2. The second kappa shape index (κ2) is 4.94. The van der Waals surface area contributed by atoms with Crippen LogP contribution in [0.1, 0.15) is 25.7 Å². The fraction of sp³-hybridized carbons (Fsp3) is 0.533. The molecule has 3 N–H and O–H groups in total. The molecule has 2 atom stereocenters. The molecule has 19 heavy (non-hydrogen) atoms. The molecule has 102 valence electrons. The summed E-state index contributed by atoms with van der Waals surface area (Å²) >= 11 is 0. The average molecular weight is 259 g/mol. The number of hydrogen-bond acceptors (Lipinski definition) is 3. The molecule has 2 unspecified atom stereocenters. The molecule has 0 bridgehead atoms. The van der Waals surface area contributed by atoms with E-state index in [1.807, 2.05) is 23.0 Å². The van der Waals surface area contributed by atoms with Gasteiger partial charge in [-0.1, -0.05) is 24.6 Å². The highest BCUT2D eigenvalue weighted by atomic mass is 16.3. The lowest BCUT2D eigenvalue weighted by Gasteiger charge is -2.29. The van der Waals surface area contributed by atoms with Gasteiger partial charge in [-0.25, -0.2) is 0 Å². The van der Waals surface area contributed by atoms with Gasteiger partial charge in [-0.05, 0) is 31.2 Å². The van der Waals surface area contributed by atoms with Crippen molar-refractivity contribution in [1.29, 1.82) is 0 Å². The number of benzene rings is 1. The summed E-state index contributed by atoms with van der Waals surface area (Å²) in [7, 11) is 0. The summed E-state index contributed by atoms with van der Waals surface area (Å²) in [5, 5.41) is 15.1. The number of nitrogens with two attached hydrogens (primary N) is 1. The number of nitrogens with zero attached hydrogens (tertiary/aromatic N) is 2. The van der Waals surface area contributed by atoms with Crippen molar-refractivity contribution in [2.75, 3.05) is 6.61 Å². The van der Waals surface area contributed by atoms with Crippen molar-refractivity contribution in [3.8, 4) is 0 Å². The van der Waals surface area contributed by atoms with Gasteiger partial charge >= 0.3 is 0 Å². The van der Waals surface area contributed by atoms with Gasteiger partial charge in [0, 0.05) is 17.5 Å². The highest BCUT2D eigenvalue weighted by Crippen LogP contribution is 2.36. The van der Waals surface area contributed by atoms with Crippen LogP contribution in [0.15, 0.2) is 30.5 Å². The second-order valence-electron chi connectivity index (χ2n) is 5.70. The van der Waals surface area contributed by atoms with Crippen LogP contribution in [0.5, 0.6) is 0 Å². The molecule has 0 spiro atoms. The first-order valence-electron chi connectivity index (χ1n) is 7.03. The Morgan fingerprint density at radius 1 is 1.42 bits per heavy atom. The van der Waals surface area contributed by atoms with E-state index in [1.54, 1.807) is 0 Å². The van der Waals surface area contributed by atoms with Gasteiger partial charge in [-0.2, -0.15) is 5.10 Å². The van der Waals surface area contributed by atoms with E-state index in [4.69, 9.17) is 5.73 Å². The molecule has 3 rings (SSSR count). The summed E-state index contributed by atoms with van der Waals surface area (Å²) in [4.78, 5) is 0. The van der Waals surface area contributed by atoms with Crippen molar-refractivity contribution >= 4 is 10.9 Å². The molecule has 0 amide bonds. The fourth-order valence-corrected chi connectivity index (χ4v) is 3.29. The van der Waals surface area contributed by atoms with E-state index < -0.39 is 0 Å². The van der Waals surface area contributed by atoms with Crippen LogP contribution in [-0.4, -0.2) is 27.0 Å². The van der Waals surface area contributed by atoms with Crippen LogP contribution in [-0.2, 0) is 6.54 Å². The smallest absolute Gasteiger partial charge is 0.0682 e. The molecule has 0 radical (unpaired) electrons. The number of aryl methyl sites for hydroxylation is 1. The zero-order valence-electron chi connectivity index (χ0n) is 11.1. The Labute approximate surface area is 113 Å². The summed E-state index contributed by atoms with van der Waals surface area (Å²) < 4.78 is 2.05. The second-order valence-corrected chi connectivity index (χ2v) is 5.70. The third-order valence-corrected chi connectivity index (χ3v) is 4.54. The number of aromatic nitrogens is 2. The third-order valence-electron chi connectivity index (χ3n) is 4.54. The number of aliphatic hydroxyl groups is 1. The Kier molecular flexibility index (Phi) is 3.29. The maximum atomic E-state index is 9.48. The largest absolute Gasteiger partial charge is 0.394 e. The average Bonchev–Trinajstić information content (AvgIpc) is 3.01. The zero-order chi connectivity index (χ0) is 13.3. The molecule has 1 aromatic carbocycles. The number of aliphatic hydroxyl groups excluding tert-OH is 1. The molecule has 1 aliphatic rings. The highest BCUT2D eigenvalue weighted by Gasteiger charge is 2.38. The topological polar surface area (TPSA) is 64.1 Å². The minimum atomic E-state index is -0.372. The summed E-state index contributed by atoms with van der Waals surface area (Å²) in [5.41, 5.74) is 7.08. The van der Waals surface area contributed by atoms with Crippen LogP contribution in [0.3, 0.4) is 0 Å². The molecule has 4 heteroatoms. The van der Waals surface area contributed by atoms with Crippen LogP contribution < -0.4 is 5.73 Å². The molecule has 0 saturated heterocycles. The van der Waals surface area contributed by atoms with Gasteiger partial charge in [0.2, 0.25) is 0 Å². The van der Waals surface area contributed by atoms with E-state index in [2.05, 4.69) is 17.2 Å². The zero-order valence-corrected chi connectivity index (χ0v) is 11.1. The lowest BCUT2D eigenvalue weighted by Crippen LogP contribution is -2.47. The van der Waals surface area contributed by atoms with Crippen LogP contribution in [0.2, 0.25) is 0 Å². The van der Waals surface area contributed by atoms with E-state index in [9.17, 15) is 5.11 Å². The molecule has 4 nitrogen and oxygen atoms in total. The van der Waals surface area contributed by atoms with E-state index in [0.717, 1.165) is 32.2 Å². The van der Waals surface area contributed by atoms with Gasteiger partial charge in [0.1, 0.15) is 0 Å². The Hall–Kier alpha value is -1.39. The van der Waals surface area contributed by atoms with E-state index in [0.29, 0.717) is 5.92 Å². The maximum absolute atomic E-state index is 9.48. The van der Waals surface area contributed by atoms with Crippen molar-refractivity contribution in [2.45, 2.75) is 37.8 Å². The minimum absolute atomic E-state index is 0.0948. The van der Waals surface area contributed by atoms with Crippen molar-refractivity contribution in [3.63, 3.8) is 0 Å². The lowest BCUT2D eigenvalue weighted by molar-refractivity contribution is 0.152. The van der Waals surface area contributed by atoms with Crippen molar-refractivity contribution < 1.29 is 5.11 Å².